The molecule has 0 aromatic heterocycles. The summed E-state index contributed by atoms with van der Waals surface area (Å²) in [5, 5.41) is 10.3. The maximum Gasteiger partial charge on any atom is 0.263 e. The Balaban J connectivity index is 2.02. The summed E-state index contributed by atoms with van der Waals surface area (Å²) in [4.78, 5) is 11.1. The van der Waals surface area contributed by atoms with Crippen molar-refractivity contribution < 1.29 is 10.0 Å². The highest BCUT2D eigenvalue weighted by atomic mass is 16.5. The second-order valence-electron chi connectivity index (χ2n) is 3.23. The number of nitrogens with one attached hydrogen (secondary N) is 3. The first-order valence-electron chi connectivity index (χ1n) is 4.59. The van der Waals surface area contributed by atoms with Gasteiger partial charge in [-0.25, -0.2) is 10.9 Å². The fraction of sp³-hybridized carbons (Fsp3) is 0.222. The van der Waals surface area contributed by atoms with Crippen LogP contribution < -0.4 is 21.4 Å². The first-order valence-corrected chi connectivity index (χ1v) is 4.59. The largest absolute Gasteiger partial charge is 0.293 e. The third kappa shape index (κ3) is 2.07. The van der Waals surface area contributed by atoms with E-state index < -0.39 is 11.9 Å². The van der Waals surface area contributed by atoms with Crippen LogP contribution in [-0.4, -0.2) is 23.7 Å². The number of hydrogen-bond donors (Lipinski definition) is 4. The zero-order valence-corrected chi connectivity index (χ0v) is 7.97. The molecular weight excluding hydrogens is 196 g/mol. The van der Waals surface area contributed by atoms with Gasteiger partial charge in [-0.2, -0.15) is 5.53 Å². The van der Waals surface area contributed by atoms with E-state index in [4.69, 9.17) is 5.21 Å². The van der Waals surface area contributed by atoms with Gasteiger partial charge in [-0.05, 0) is 12.1 Å². The van der Waals surface area contributed by atoms with Crippen LogP contribution in [0.15, 0.2) is 30.3 Å². The van der Waals surface area contributed by atoms with Gasteiger partial charge in [0.05, 0.1) is 12.2 Å². The molecule has 80 valence electrons. The average Bonchev–Trinajstić information content (AvgIpc) is 2.78. The maximum absolute atomic E-state index is 11.1. The zero-order chi connectivity index (χ0) is 10.7. The van der Waals surface area contributed by atoms with E-state index in [-0.39, 0.29) is 0 Å². The Morgan fingerprint density at radius 1 is 1.47 bits per heavy atom. The fourth-order valence-electron chi connectivity index (χ4n) is 1.43. The Bertz CT molecular complexity index is 343. The Morgan fingerprint density at radius 3 is 2.87 bits per heavy atom. The van der Waals surface area contributed by atoms with Gasteiger partial charge in [0.2, 0.25) is 0 Å². The van der Waals surface area contributed by atoms with E-state index >= 15 is 0 Å². The lowest BCUT2D eigenvalue weighted by Gasteiger charge is -2.16. The number of anilines is 1. The van der Waals surface area contributed by atoms with E-state index in [1.165, 1.54) is 0 Å². The number of amides is 1. The summed E-state index contributed by atoms with van der Waals surface area (Å²) in [6, 6.07) is 9.13. The number of rotatable bonds is 2. The highest BCUT2D eigenvalue weighted by molar-refractivity contribution is 5.81. The standard InChI is InChI=1S/C9H12N4O2/c14-9(11-15)8-6-13(12-10-8)7-4-2-1-3-5-7/h1-5,8,10,12,15H,6H2,(H,11,14). The summed E-state index contributed by atoms with van der Waals surface area (Å²) < 4.78 is 0. The van der Waals surface area contributed by atoms with Crippen LogP contribution in [0.4, 0.5) is 5.69 Å². The van der Waals surface area contributed by atoms with Crippen molar-refractivity contribution >= 4 is 11.6 Å². The molecular formula is C9H12N4O2. The topological polar surface area (TPSA) is 76.6 Å². The number of para-hydroxylation sites is 1. The van der Waals surface area contributed by atoms with Crippen LogP contribution in [0.2, 0.25) is 0 Å². The third-order valence-corrected chi connectivity index (χ3v) is 2.23. The lowest BCUT2D eigenvalue weighted by Crippen LogP contribution is -2.43. The first kappa shape index (κ1) is 9.91. The number of hydrogen-bond acceptors (Lipinski definition) is 5. The van der Waals surface area contributed by atoms with E-state index in [1.54, 1.807) is 10.5 Å². The van der Waals surface area contributed by atoms with Crippen LogP contribution in [0, 0.1) is 0 Å². The molecule has 4 N–H and O–H groups in total. The molecule has 1 fully saturated rings. The van der Waals surface area contributed by atoms with E-state index in [0.717, 1.165) is 5.69 Å². The highest BCUT2D eigenvalue weighted by Crippen LogP contribution is 2.13. The smallest absolute Gasteiger partial charge is 0.263 e. The summed E-state index contributed by atoms with van der Waals surface area (Å²) in [6.07, 6.45) is 0. The quantitative estimate of drug-likeness (QED) is 0.385. The summed E-state index contributed by atoms with van der Waals surface area (Å²) >= 11 is 0. The lowest BCUT2D eigenvalue weighted by atomic mass is 10.2. The normalized spacial score (nSPS) is 20.3. The van der Waals surface area contributed by atoms with Gasteiger partial charge in [0, 0.05) is 0 Å². The minimum atomic E-state index is -0.463. The number of nitrogens with zero attached hydrogens (tertiary/aromatic N) is 1. The maximum atomic E-state index is 11.1. The molecule has 1 aromatic carbocycles. The van der Waals surface area contributed by atoms with E-state index in [9.17, 15) is 4.79 Å². The SMILES string of the molecule is O=C(NO)C1CN(c2ccccc2)NN1. The summed E-state index contributed by atoms with van der Waals surface area (Å²) in [7, 11) is 0. The molecule has 1 aromatic rings. The van der Waals surface area contributed by atoms with Gasteiger partial charge in [0.15, 0.2) is 0 Å². The first-order chi connectivity index (χ1) is 7.31. The molecule has 1 heterocycles. The summed E-state index contributed by atoms with van der Waals surface area (Å²) in [5.41, 5.74) is 8.18. The molecule has 1 unspecified atom stereocenters. The van der Waals surface area contributed by atoms with Crippen LogP contribution >= 0.6 is 0 Å². The van der Waals surface area contributed by atoms with Gasteiger partial charge in [-0.3, -0.25) is 15.0 Å². The van der Waals surface area contributed by atoms with Crippen molar-refractivity contribution in [3.05, 3.63) is 30.3 Å². The molecule has 0 saturated carbocycles. The molecule has 0 radical (unpaired) electrons. The second-order valence-corrected chi connectivity index (χ2v) is 3.23. The molecule has 2 rings (SSSR count). The summed E-state index contributed by atoms with van der Waals surface area (Å²) in [6.45, 7) is 0.455. The van der Waals surface area contributed by atoms with Crippen molar-refractivity contribution in [1.29, 1.82) is 0 Å². The molecule has 1 atom stereocenters. The zero-order valence-electron chi connectivity index (χ0n) is 7.97. The van der Waals surface area contributed by atoms with E-state index in [2.05, 4.69) is 11.0 Å². The van der Waals surface area contributed by atoms with Gasteiger partial charge < -0.3 is 0 Å². The molecule has 6 heteroatoms. The number of carbonyl (C=O) groups is 1. The number of hydroxylamine groups is 1. The monoisotopic (exact) mass is 208 g/mol. The Kier molecular flexibility index (Phi) is 2.82. The number of benzene rings is 1. The van der Waals surface area contributed by atoms with Crippen LogP contribution in [-0.2, 0) is 4.79 Å². The van der Waals surface area contributed by atoms with Crippen molar-refractivity contribution in [3.8, 4) is 0 Å². The molecule has 1 amide bonds. The fourth-order valence-corrected chi connectivity index (χ4v) is 1.43. The van der Waals surface area contributed by atoms with Crippen molar-refractivity contribution in [1.82, 2.24) is 16.4 Å². The minimum Gasteiger partial charge on any atom is -0.293 e. The Labute approximate surface area is 86.8 Å². The van der Waals surface area contributed by atoms with Crippen molar-refractivity contribution in [2.45, 2.75) is 6.04 Å². The van der Waals surface area contributed by atoms with Gasteiger partial charge >= 0.3 is 0 Å². The van der Waals surface area contributed by atoms with Gasteiger partial charge in [0.25, 0.3) is 5.91 Å². The van der Waals surface area contributed by atoms with Crippen molar-refractivity contribution in [2.75, 3.05) is 11.6 Å². The van der Waals surface area contributed by atoms with Crippen molar-refractivity contribution in [2.24, 2.45) is 0 Å². The van der Waals surface area contributed by atoms with Crippen LogP contribution in [0.5, 0.6) is 0 Å². The molecule has 6 nitrogen and oxygen atoms in total. The highest BCUT2D eigenvalue weighted by Gasteiger charge is 2.27. The van der Waals surface area contributed by atoms with Crippen LogP contribution in [0.3, 0.4) is 0 Å². The Morgan fingerprint density at radius 2 is 2.20 bits per heavy atom. The molecule has 1 aliphatic heterocycles. The average molecular weight is 208 g/mol. The van der Waals surface area contributed by atoms with Gasteiger partial charge in [-0.15, -0.1) is 0 Å². The lowest BCUT2D eigenvalue weighted by molar-refractivity contribution is -0.130. The predicted molar refractivity (Wildman–Crippen MR) is 53.8 cm³/mol. The Hall–Kier alpha value is -1.63. The number of hydrazine groups is 2. The third-order valence-electron chi connectivity index (χ3n) is 2.23. The molecule has 15 heavy (non-hydrogen) atoms. The van der Waals surface area contributed by atoms with E-state index in [0.29, 0.717) is 6.54 Å². The van der Waals surface area contributed by atoms with Gasteiger partial charge in [0.1, 0.15) is 6.04 Å². The molecule has 1 saturated heterocycles. The number of carbonyl (C=O) groups excluding carboxylic acids is 1. The van der Waals surface area contributed by atoms with Crippen LogP contribution in [0.1, 0.15) is 0 Å². The van der Waals surface area contributed by atoms with Gasteiger partial charge in [-0.1, -0.05) is 18.2 Å². The predicted octanol–water partition coefficient (Wildman–Crippen LogP) is -0.610. The molecule has 0 spiro atoms. The second kappa shape index (κ2) is 4.26. The molecule has 1 aliphatic rings. The molecule has 0 aliphatic carbocycles. The minimum absolute atomic E-state index is 0.455. The summed E-state index contributed by atoms with van der Waals surface area (Å²) in [5.74, 6) is -0.457. The van der Waals surface area contributed by atoms with Crippen LogP contribution in [0.25, 0.3) is 0 Å². The van der Waals surface area contributed by atoms with Crippen molar-refractivity contribution in [3.63, 3.8) is 0 Å². The molecule has 0 bridgehead atoms. The van der Waals surface area contributed by atoms with E-state index in [1.807, 2.05) is 30.3 Å².